The average Bonchev–Trinajstić information content (AvgIpc) is 2.41. The number of hydrogen-bond donors (Lipinski definition) is 1. The number of anilines is 1. The van der Waals surface area contributed by atoms with Crippen LogP contribution in [0, 0.1) is 5.41 Å². The predicted molar refractivity (Wildman–Crippen MR) is 80.0 cm³/mol. The van der Waals surface area contributed by atoms with E-state index in [0.717, 1.165) is 6.42 Å². The van der Waals surface area contributed by atoms with Crippen molar-refractivity contribution in [2.24, 2.45) is 5.41 Å². The smallest absolute Gasteiger partial charge is 0.310 e. The summed E-state index contributed by atoms with van der Waals surface area (Å²) < 4.78 is 5.07. The number of halogens is 1. The Morgan fingerprint density at radius 2 is 2.10 bits per heavy atom. The molecule has 0 radical (unpaired) electrons. The van der Waals surface area contributed by atoms with Crippen molar-refractivity contribution in [2.75, 3.05) is 19.1 Å². The van der Waals surface area contributed by atoms with Gasteiger partial charge in [0.2, 0.25) is 5.91 Å². The zero-order valence-corrected chi connectivity index (χ0v) is 12.8. The highest BCUT2D eigenvalue weighted by molar-refractivity contribution is 6.32. The van der Waals surface area contributed by atoms with Crippen LogP contribution in [0.5, 0.6) is 5.75 Å². The molecule has 0 atom stereocenters. The van der Waals surface area contributed by atoms with Gasteiger partial charge in [-0.25, -0.2) is 0 Å². The molecule has 0 bridgehead atoms. The number of amides is 1. The van der Waals surface area contributed by atoms with Gasteiger partial charge in [0.05, 0.1) is 17.5 Å². The molecule has 1 N–H and O–H groups in total. The molecule has 0 spiro atoms. The fourth-order valence-corrected chi connectivity index (χ4v) is 2.74. The molecular weight excluding hydrogens is 294 g/mol. The fraction of sp³-hybridized carbons (Fsp3) is 0.467. The van der Waals surface area contributed by atoms with Gasteiger partial charge in [-0.2, -0.15) is 0 Å². The second-order valence-electron chi connectivity index (χ2n) is 5.39. The summed E-state index contributed by atoms with van der Waals surface area (Å²) in [5.41, 5.74) is -0.271. The van der Waals surface area contributed by atoms with Crippen molar-refractivity contribution >= 4 is 29.2 Å². The third kappa shape index (κ3) is 2.97. The molecule has 0 saturated heterocycles. The average molecular weight is 312 g/mol. The summed E-state index contributed by atoms with van der Waals surface area (Å²) in [7, 11) is 3.14. The Morgan fingerprint density at radius 3 is 2.52 bits per heavy atom. The number of rotatable bonds is 5. The summed E-state index contributed by atoms with van der Waals surface area (Å²) >= 11 is 6.04. The Morgan fingerprint density at radius 1 is 1.43 bits per heavy atom. The Kier molecular flexibility index (Phi) is 4.42. The van der Waals surface area contributed by atoms with E-state index in [1.165, 1.54) is 12.0 Å². The molecule has 0 heterocycles. The van der Waals surface area contributed by atoms with Crippen molar-refractivity contribution in [3.05, 3.63) is 23.2 Å². The maximum Gasteiger partial charge on any atom is 0.310 e. The van der Waals surface area contributed by atoms with Gasteiger partial charge in [-0.15, -0.1) is 0 Å². The van der Waals surface area contributed by atoms with Crippen LogP contribution in [-0.2, 0) is 9.59 Å². The topological polar surface area (TPSA) is 66.8 Å². The number of carbonyl (C=O) groups is 2. The van der Waals surface area contributed by atoms with Gasteiger partial charge in [-0.3, -0.25) is 9.59 Å². The van der Waals surface area contributed by atoms with Crippen LogP contribution in [0.2, 0.25) is 5.02 Å². The van der Waals surface area contributed by atoms with Crippen molar-refractivity contribution in [2.45, 2.75) is 25.7 Å². The minimum absolute atomic E-state index is 0.0164. The number of carbonyl (C=O) groups excluding carboxylic acids is 1. The van der Waals surface area contributed by atoms with Crippen molar-refractivity contribution < 1.29 is 19.4 Å². The summed E-state index contributed by atoms with van der Waals surface area (Å²) in [6.45, 7) is 0. The van der Waals surface area contributed by atoms with Crippen LogP contribution in [0.15, 0.2) is 18.2 Å². The molecule has 21 heavy (non-hydrogen) atoms. The van der Waals surface area contributed by atoms with E-state index in [0.29, 0.717) is 29.3 Å². The van der Waals surface area contributed by atoms with Crippen molar-refractivity contribution in [3.8, 4) is 5.75 Å². The molecule has 1 saturated carbocycles. The summed E-state index contributed by atoms with van der Waals surface area (Å²) in [5, 5.41) is 9.70. The number of hydrogen-bond acceptors (Lipinski definition) is 3. The molecule has 0 aliphatic heterocycles. The molecule has 1 aliphatic carbocycles. The highest BCUT2D eigenvalue weighted by Gasteiger charge is 2.46. The van der Waals surface area contributed by atoms with Gasteiger partial charge >= 0.3 is 5.97 Å². The number of carboxylic acids is 1. The van der Waals surface area contributed by atoms with Gasteiger partial charge in [0.15, 0.2) is 0 Å². The highest BCUT2D eigenvalue weighted by atomic mass is 35.5. The summed E-state index contributed by atoms with van der Waals surface area (Å²) in [6, 6.07) is 5.03. The van der Waals surface area contributed by atoms with Gasteiger partial charge in [0.1, 0.15) is 5.75 Å². The quantitative estimate of drug-likeness (QED) is 0.908. The van der Waals surface area contributed by atoms with Crippen LogP contribution in [0.25, 0.3) is 0 Å². The number of aliphatic carboxylic acids is 1. The van der Waals surface area contributed by atoms with E-state index in [-0.39, 0.29) is 12.3 Å². The first-order valence-corrected chi connectivity index (χ1v) is 7.11. The Labute approximate surface area is 128 Å². The SMILES string of the molecule is COc1ccc(N(C)C(=O)CC2(C(=O)O)CCC2)cc1Cl. The summed E-state index contributed by atoms with van der Waals surface area (Å²) in [4.78, 5) is 25.1. The molecule has 1 aliphatic rings. The number of carboxylic acid groups (broad SMARTS) is 1. The van der Waals surface area contributed by atoms with E-state index in [1.54, 1.807) is 25.2 Å². The molecule has 2 rings (SSSR count). The van der Waals surface area contributed by atoms with E-state index in [2.05, 4.69) is 0 Å². The standard InChI is InChI=1S/C15H18ClNO4/c1-17(10-4-5-12(21-2)11(16)8-10)13(18)9-15(14(19)20)6-3-7-15/h4-5,8H,3,6-7,9H2,1-2H3,(H,19,20). The molecule has 6 heteroatoms. The van der Waals surface area contributed by atoms with E-state index in [1.807, 2.05) is 0 Å². The normalized spacial score (nSPS) is 16.0. The Balaban J connectivity index is 2.12. The van der Waals surface area contributed by atoms with Crippen molar-refractivity contribution in [3.63, 3.8) is 0 Å². The van der Waals surface area contributed by atoms with Crippen LogP contribution in [0.3, 0.4) is 0 Å². The summed E-state index contributed by atoms with van der Waals surface area (Å²) in [5.74, 6) is -0.580. The van der Waals surface area contributed by atoms with E-state index in [4.69, 9.17) is 16.3 Å². The Bertz CT molecular complexity index is 569. The predicted octanol–water partition coefficient (Wildman–Crippen LogP) is 2.96. The third-order valence-electron chi connectivity index (χ3n) is 4.15. The monoisotopic (exact) mass is 311 g/mol. The van der Waals surface area contributed by atoms with Crippen molar-refractivity contribution in [1.82, 2.24) is 0 Å². The first-order valence-electron chi connectivity index (χ1n) is 6.73. The Hall–Kier alpha value is -1.75. The van der Waals surface area contributed by atoms with Gasteiger partial charge in [0.25, 0.3) is 0 Å². The molecule has 0 aromatic heterocycles. The van der Waals surface area contributed by atoms with Gasteiger partial charge in [-0.05, 0) is 31.0 Å². The number of ether oxygens (including phenoxy) is 1. The lowest BCUT2D eigenvalue weighted by atomic mass is 9.66. The maximum atomic E-state index is 12.3. The van der Waals surface area contributed by atoms with E-state index < -0.39 is 11.4 Å². The largest absolute Gasteiger partial charge is 0.495 e. The molecule has 1 aromatic carbocycles. The zero-order valence-electron chi connectivity index (χ0n) is 12.1. The fourth-order valence-electron chi connectivity index (χ4n) is 2.49. The molecule has 1 fully saturated rings. The van der Waals surface area contributed by atoms with Crippen molar-refractivity contribution in [1.29, 1.82) is 0 Å². The highest BCUT2D eigenvalue weighted by Crippen LogP contribution is 2.44. The van der Waals surface area contributed by atoms with Crippen LogP contribution >= 0.6 is 11.6 Å². The third-order valence-corrected chi connectivity index (χ3v) is 4.45. The molecule has 114 valence electrons. The second-order valence-corrected chi connectivity index (χ2v) is 5.79. The van der Waals surface area contributed by atoms with E-state index in [9.17, 15) is 14.7 Å². The van der Waals surface area contributed by atoms with Crippen LogP contribution < -0.4 is 9.64 Å². The van der Waals surface area contributed by atoms with E-state index >= 15 is 0 Å². The number of methoxy groups -OCH3 is 1. The lowest BCUT2D eigenvalue weighted by molar-refractivity contribution is -0.157. The zero-order chi connectivity index (χ0) is 15.6. The molecular formula is C15H18ClNO4. The second kappa shape index (κ2) is 5.93. The summed E-state index contributed by atoms with van der Waals surface area (Å²) in [6.07, 6.45) is 2.00. The maximum absolute atomic E-state index is 12.3. The van der Waals surface area contributed by atoms with Gasteiger partial charge in [-0.1, -0.05) is 18.0 Å². The molecule has 5 nitrogen and oxygen atoms in total. The van der Waals surface area contributed by atoms with Crippen LogP contribution in [0.1, 0.15) is 25.7 Å². The molecule has 0 unspecified atom stereocenters. The molecule has 1 aromatic rings. The molecule has 1 amide bonds. The first kappa shape index (κ1) is 15.6. The number of benzene rings is 1. The lowest BCUT2D eigenvalue weighted by Gasteiger charge is -2.38. The lowest BCUT2D eigenvalue weighted by Crippen LogP contribution is -2.43. The minimum atomic E-state index is -0.887. The van der Waals surface area contributed by atoms with Gasteiger partial charge in [0, 0.05) is 19.2 Å². The van der Waals surface area contributed by atoms with Gasteiger partial charge < -0.3 is 14.7 Å². The first-order chi connectivity index (χ1) is 9.89. The van der Waals surface area contributed by atoms with Crippen LogP contribution in [0.4, 0.5) is 5.69 Å². The minimum Gasteiger partial charge on any atom is -0.495 e. The number of nitrogens with zero attached hydrogens (tertiary/aromatic N) is 1. The van der Waals surface area contributed by atoms with Crippen LogP contribution in [-0.4, -0.2) is 31.1 Å².